The minimum absolute atomic E-state index is 0.234. The number of amides is 1. The van der Waals surface area contributed by atoms with E-state index in [0.717, 1.165) is 37.4 Å². The van der Waals surface area contributed by atoms with Crippen molar-refractivity contribution in [1.82, 2.24) is 14.9 Å². The fourth-order valence-electron chi connectivity index (χ4n) is 3.06. The number of allylic oxidation sites excluding steroid dienone is 2. The lowest BCUT2D eigenvalue weighted by Gasteiger charge is -2.36. The number of carbonyl (C=O) groups is 1. The fraction of sp³-hybridized carbons (Fsp3) is 0.611. The smallest absolute Gasteiger partial charge is 0.410 e. The molecule has 2 heterocycles. The van der Waals surface area contributed by atoms with Crippen LogP contribution in [0, 0.1) is 0 Å². The Morgan fingerprint density at radius 3 is 2.42 bits per heavy atom. The third-order valence-corrected chi connectivity index (χ3v) is 4.36. The minimum atomic E-state index is -0.453. The highest BCUT2D eigenvalue weighted by Crippen LogP contribution is 2.29. The molecule has 24 heavy (non-hydrogen) atoms. The second kappa shape index (κ2) is 6.79. The van der Waals surface area contributed by atoms with Gasteiger partial charge in [-0.15, -0.1) is 0 Å². The summed E-state index contributed by atoms with van der Waals surface area (Å²) in [5.41, 5.74) is 0.657. The molecule has 6 heteroatoms. The van der Waals surface area contributed by atoms with Crippen molar-refractivity contribution >= 4 is 11.9 Å². The number of hydrogen-bond donors (Lipinski definition) is 0. The first-order valence-corrected chi connectivity index (χ1v) is 8.62. The van der Waals surface area contributed by atoms with Crippen LogP contribution in [0.5, 0.6) is 0 Å². The zero-order valence-electron chi connectivity index (χ0n) is 14.7. The summed E-state index contributed by atoms with van der Waals surface area (Å²) in [6.45, 7) is 8.50. The van der Waals surface area contributed by atoms with E-state index in [9.17, 15) is 4.79 Å². The summed E-state index contributed by atoms with van der Waals surface area (Å²) in [5, 5.41) is 0. The van der Waals surface area contributed by atoms with Crippen LogP contribution >= 0.6 is 0 Å². The lowest BCUT2D eigenvalue weighted by molar-refractivity contribution is 0.0240. The van der Waals surface area contributed by atoms with Gasteiger partial charge in [-0.1, -0.05) is 12.2 Å². The predicted molar refractivity (Wildman–Crippen MR) is 93.2 cm³/mol. The molecule has 0 radical (unpaired) electrons. The average molecular weight is 330 g/mol. The number of ether oxygens (including phenoxy) is 1. The summed E-state index contributed by atoms with van der Waals surface area (Å²) < 4.78 is 5.44. The summed E-state index contributed by atoms with van der Waals surface area (Å²) in [5.74, 6) is 1.44. The van der Waals surface area contributed by atoms with E-state index in [1.165, 1.54) is 0 Å². The van der Waals surface area contributed by atoms with Crippen LogP contribution in [-0.4, -0.2) is 52.7 Å². The predicted octanol–water partition coefficient (Wildman–Crippen LogP) is 2.97. The van der Waals surface area contributed by atoms with Gasteiger partial charge in [-0.2, -0.15) is 0 Å². The maximum Gasteiger partial charge on any atom is 0.410 e. The van der Waals surface area contributed by atoms with E-state index < -0.39 is 5.60 Å². The van der Waals surface area contributed by atoms with Gasteiger partial charge in [0.15, 0.2) is 0 Å². The van der Waals surface area contributed by atoms with Gasteiger partial charge in [0.25, 0.3) is 0 Å². The van der Waals surface area contributed by atoms with Crippen molar-refractivity contribution in [2.24, 2.45) is 0 Å². The van der Waals surface area contributed by atoms with Crippen molar-refractivity contribution < 1.29 is 9.53 Å². The molecule has 3 rings (SSSR count). The molecule has 1 fully saturated rings. The Kier molecular flexibility index (Phi) is 4.73. The molecule has 1 aliphatic heterocycles. The highest BCUT2D eigenvalue weighted by molar-refractivity contribution is 5.68. The van der Waals surface area contributed by atoms with Crippen LogP contribution in [0.2, 0.25) is 0 Å². The van der Waals surface area contributed by atoms with E-state index in [-0.39, 0.29) is 6.09 Å². The van der Waals surface area contributed by atoms with Crippen LogP contribution in [0.1, 0.15) is 45.2 Å². The molecule has 1 aromatic heterocycles. The quantitative estimate of drug-likeness (QED) is 0.780. The molecule has 0 bridgehead atoms. The molecule has 1 saturated heterocycles. The van der Waals surface area contributed by atoms with Crippen molar-refractivity contribution in [3.63, 3.8) is 0 Å². The number of rotatable bonds is 2. The van der Waals surface area contributed by atoms with E-state index in [1.807, 2.05) is 20.8 Å². The second-order valence-corrected chi connectivity index (χ2v) is 7.40. The summed E-state index contributed by atoms with van der Waals surface area (Å²) in [6.07, 6.45) is 7.97. The fourth-order valence-corrected chi connectivity index (χ4v) is 3.06. The largest absolute Gasteiger partial charge is 0.444 e. The Balaban J connectivity index is 1.58. The van der Waals surface area contributed by atoms with Gasteiger partial charge in [0.1, 0.15) is 17.7 Å². The normalized spacial score (nSPS) is 19.0. The standard InChI is InChI=1S/C18H26N4O2/c1-18(2,3)24-17(23)22-10-8-21(9-11-22)16-12-15(19-13-20-16)14-6-4-5-7-14/h4-5,12-14H,6-11H2,1-3H3. The molecule has 0 unspecified atom stereocenters. The lowest BCUT2D eigenvalue weighted by atomic mass is 10.0. The van der Waals surface area contributed by atoms with Crippen LogP contribution in [0.15, 0.2) is 24.5 Å². The molecular formula is C18H26N4O2. The van der Waals surface area contributed by atoms with Gasteiger partial charge in [-0.3, -0.25) is 0 Å². The Hall–Kier alpha value is -2.11. The zero-order chi connectivity index (χ0) is 17.2. The summed E-state index contributed by atoms with van der Waals surface area (Å²) in [6, 6.07) is 2.10. The van der Waals surface area contributed by atoms with E-state index in [0.29, 0.717) is 19.0 Å². The topological polar surface area (TPSA) is 58.6 Å². The maximum absolute atomic E-state index is 12.1. The molecular weight excluding hydrogens is 304 g/mol. The Labute approximate surface area is 143 Å². The SMILES string of the molecule is CC(C)(C)OC(=O)N1CCN(c2cc(C3CC=CC3)ncn2)CC1. The van der Waals surface area contributed by atoms with Gasteiger partial charge in [-0.05, 0) is 33.6 Å². The lowest BCUT2D eigenvalue weighted by Crippen LogP contribution is -2.50. The third kappa shape index (κ3) is 4.04. The zero-order valence-corrected chi connectivity index (χ0v) is 14.7. The Morgan fingerprint density at radius 2 is 1.79 bits per heavy atom. The van der Waals surface area contributed by atoms with Crippen LogP contribution in [-0.2, 0) is 4.74 Å². The van der Waals surface area contributed by atoms with Gasteiger partial charge in [0.2, 0.25) is 0 Å². The highest BCUT2D eigenvalue weighted by atomic mass is 16.6. The van der Waals surface area contributed by atoms with Crippen LogP contribution < -0.4 is 4.90 Å². The first-order valence-electron chi connectivity index (χ1n) is 8.62. The van der Waals surface area contributed by atoms with Gasteiger partial charge < -0.3 is 14.5 Å². The molecule has 0 N–H and O–H groups in total. The summed E-state index contributed by atoms with van der Waals surface area (Å²) in [7, 11) is 0. The van der Waals surface area contributed by atoms with E-state index in [1.54, 1.807) is 11.2 Å². The number of nitrogens with zero attached hydrogens (tertiary/aromatic N) is 4. The van der Waals surface area contributed by atoms with E-state index in [2.05, 4.69) is 33.1 Å². The van der Waals surface area contributed by atoms with Gasteiger partial charge >= 0.3 is 6.09 Å². The number of hydrogen-bond acceptors (Lipinski definition) is 5. The van der Waals surface area contributed by atoms with Crippen molar-refractivity contribution in [3.05, 3.63) is 30.2 Å². The van der Waals surface area contributed by atoms with E-state index in [4.69, 9.17) is 4.74 Å². The molecule has 1 aliphatic carbocycles. The van der Waals surface area contributed by atoms with Gasteiger partial charge in [0.05, 0.1) is 0 Å². The molecule has 6 nitrogen and oxygen atoms in total. The number of aromatic nitrogens is 2. The van der Waals surface area contributed by atoms with Crippen molar-refractivity contribution in [2.45, 2.75) is 45.1 Å². The summed E-state index contributed by atoms with van der Waals surface area (Å²) in [4.78, 5) is 25.0. The van der Waals surface area contributed by atoms with Gasteiger partial charge in [-0.25, -0.2) is 14.8 Å². The molecule has 130 valence electrons. The number of carbonyl (C=O) groups excluding carboxylic acids is 1. The highest BCUT2D eigenvalue weighted by Gasteiger charge is 2.26. The minimum Gasteiger partial charge on any atom is -0.444 e. The van der Waals surface area contributed by atoms with Crippen molar-refractivity contribution in [3.8, 4) is 0 Å². The molecule has 0 saturated carbocycles. The maximum atomic E-state index is 12.1. The van der Waals surface area contributed by atoms with Crippen LogP contribution in [0.25, 0.3) is 0 Å². The average Bonchev–Trinajstić information content (AvgIpc) is 3.08. The number of anilines is 1. The van der Waals surface area contributed by atoms with Crippen molar-refractivity contribution in [2.75, 3.05) is 31.1 Å². The van der Waals surface area contributed by atoms with Gasteiger partial charge in [0, 0.05) is 43.9 Å². The molecule has 2 aliphatic rings. The first-order chi connectivity index (χ1) is 11.4. The molecule has 1 aromatic rings. The third-order valence-electron chi connectivity index (χ3n) is 4.36. The second-order valence-electron chi connectivity index (χ2n) is 7.40. The number of piperazine rings is 1. The monoisotopic (exact) mass is 330 g/mol. The molecule has 0 atom stereocenters. The molecule has 0 aromatic carbocycles. The summed E-state index contributed by atoms with van der Waals surface area (Å²) >= 11 is 0. The van der Waals surface area contributed by atoms with Crippen LogP contribution in [0.3, 0.4) is 0 Å². The molecule has 1 amide bonds. The van der Waals surface area contributed by atoms with Crippen LogP contribution in [0.4, 0.5) is 10.6 Å². The molecule has 0 spiro atoms. The van der Waals surface area contributed by atoms with E-state index >= 15 is 0 Å². The first kappa shape index (κ1) is 16.7. The Bertz CT molecular complexity index is 608. The Morgan fingerprint density at radius 1 is 1.12 bits per heavy atom. The van der Waals surface area contributed by atoms with Crippen molar-refractivity contribution in [1.29, 1.82) is 0 Å².